The van der Waals surface area contributed by atoms with E-state index in [0.29, 0.717) is 11.1 Å². The number of aliphatic hydroxyl groups is 1. The maximum absolute atomic E-state index is 12.3. The van der Waals surface area contributed by atoms with E-state index in [9.17, 15) is 9.67 Å². The average molecular weight is 316 g/mol. The fourth-order valence-corrected chi connectivity index (χ4v) is 3.06. The Hall–Kier alpha value is -1.89. The van der Waals surface area contributed by atoms with Crippen LogP contribution in [-0.2, 0) is 13.6 Å². The van der Waals surface area contributed by atoms with Crippen LogP contribution in [-0.4, -0.2) is 19.3 Å². The van der Waals surface area contributed by atoms with E-state index in [0.717, 1.165) is 5.56 Å². The molecule has 0 amide bonds. The van der Waals surface area contributed by atoms with Gasteiger partial charge in [-0.15, -0.1) is 0 Å². The third-order valence-corrected chi connectivity index (χ3v) is 5.06. The second kappa shape index (κ2) is 7.40. The molecule has 114 valence electrons. The van der Waals surface area contributed by atoms with Crippen molar-refractivity contribution in [2.24, 2.45) is 0 Å². The number of hydrogen-bond acceptors (Lipinski definition) is 4. The van der Waals surface area contributed by atoms with Crippen molar-refractivity contribution in [1.29, 1.82) is 0 Å². The summed E-state index contributed by atoms with van der Waals surface area (Å²) in [6, 6.07) is 16.4. The third-order valence-electron chi connectivity index (χ3n) is 3.16. The Morgan fingerprint density at radius 1 is 0.955 bits per heavy atom. The Balaban J connectivity index is 2.40. The van der Waals surface area contributed by atoms with E-state index < -0.39 is 13.4 Å². The van der Waals surface area contributed by atoms with Gasteiger partial charge in [-0.25, -0.2) is 0 Å². The van der Waals surface area contributed by atoms with Crippen LogP contribution in [0.1, 0.15) is 22.5 Å². The molecular formula is C17H17O4P. The van der Waals surface area contributed by atoms with E-state index in [-0.39, 0.29) is 0 Å². The molecule has 0 aliphatic heterocycles. The zero-order valence-corrected chi connectivity index (χ0v) is 13.3. The van der Waals surface area contributed by atoms with Gasteiger partial charge < -0.3 is 14.2 Å². The van der Waals surface area contributed by atoms with E-state index in [1.165, 1.54) is 14.2 Å². The van der Waals surface area contributed by atoms with Gasteiger partial charge in [0.2, 0.25) is 0 Å². The molecule has 1 atom stereocenters. The molecule has 0 aliphatic carbocycles. The molecule has 0 spiro atoms. The first-order chi connectivity index (χ1) is 10.6. The molecule has 1 N–H and O–H groups in total. The fourth-order valence-electron chi connectivity index (χ4n) is 1.94. The Kier molecular flexibility index (Phi) is 5.54. The van der Waals surface area contributed by atoms with Crippen LogP contribution in [0.5, 0.6) is 0 Å². The first-order valence-corrected chi connectivity index (χ1v) is 8.27. The Morgan fingerprint density at radius 3 is 2.18 bits per heavy atom. The van der Waals surface area contributed by atoms with Gasteiger partial charge in [0, 0.05) is 30.9 Å². The molecule has 0 aromatic heterocycles. The lowest BCUT2D eigenvalue weighted by Gasteiger charge is -2.20. The lowest BCUT2D eigenvalue weighted by atomic mass is 10.1. The molecule has 0 saturated heterocycles. The smallest absolute Gasteiger partial charge is 0.362 e. The topological polar surface area (TPSA) is 55.8 Å². The van der Waals surface area contributed by atoms with Gasteiger partial charge in [0.1, 0.15) is 0 Å². The number of benzene rings is 2. The van der Waals surface area contributed by atoms with Gasteiger partial charge in [0.15, 0.2) is 5.85 Å². The summed E-state index contributed by atoms with van der Waals surface area (Å²) in [4.78, 5) is 0. The molecule has 0 radical (unpaired) electrons. The van der Waals surface area contributed by atoms with Crippen LogP contribution in [0.3, 0.4) is 0 Å². The van der Waals surface area contributed by atoms with Crippen LogP contribution >= 0.6 is 7.60 Å². The van der Waals surface area contributed by atoms with E-state index >= 15 is 0 Å². The lowest BCUT2D eigenvalue weighted by molar-refractivity contribution is 0.176. The first-order valence-electron chi connectivity index (χ1n) is 6.66. The predicted octanol–water partition coefficient (Wildman–Crippen LogP) is 3.56. The van der Waals surface area contributed by atoms with Crippen LogP contribution < -0.4 is 0 Å². The van der Waals surface area contributed by atoms with Crippen molar-refractivity contribution in [2.45, 2.75) is 5.85 Å². The lowest BCUT2D eigenvalue weighted by Crippen LogP contribution is -2.04. The van der Waals surface area contributed by atoms with Gasteiger partial charge in [-0.05, 0) is 18.2 Å². The summed E-state index contributed by atoms with van der Waals surface area (Å²) in [6.07, 6.45) is 0. The summed E-state index contributed by atoms with van der Waals surface area (Å²) in [5.74, 6) is 4.61. The molecule has 0 aliphatic rings. The van der Waals surface area contributed by atoms with Crippen molar-refractivity contribution in [2.75, 3.05) is 14.2 Å². The molecule has 2 aromatic carbocycles. The number of hydrogen-bond donors (Lipinski definition) is 1. The minimum atomic E-state index is -3.63. The highest BCUT2D eigenvalue weighted by Gasteiger charge is 2.34. The van der Waals surface area contributed by atoms with E-state index in [4.69, 9.17) is 9.05 Å². The van der Waals surface area contributed by atoms with Crippen LogP contribution in [0.25, 0.3) is 0 Å². The summed E-state index contributed by atoms with van der Waals surface area (Å²) < 4.78 is 22.0. The summed E-state index contributed by atoms with van der Waals surface area (Å²) in [5.41, 5.74) is 1.85. The predicted molar refractivity (Wildman–Crippen MR) is 85.4 cm³/mol. The first kappa shape index (κ1) is 16.5. The fraction of sp³-hybridized carbons (Fsp3) is 0.176. The molecule has 4 nitrogen and oxygen atoms in total. The van der Waals surface area contributed by atoms with Crippen molar-refractivity contribution in [3.05, 3.63) is 71.3 Å². The van der Waals surface area contributed by atoms with Crippen molar-refractivity contribution >= 4 is 7.60 Å². The molecule has 2 rings (SSSR count). The molecule has 0 saturated carbocycles. The summed E-state index contributed by atoms with van der Waals surface area (Å²) in [5, 5.41) is 10.3. The molecule has 1 unspecified atom stereocenters. The Bertz CT molecular complexity index is 723. The maximum Gasteiger partial charge on any atom is 0.362 e. The van der Waals surface area contributed by atoms with Gasteiger partial charge in [-0.3, -0.25) is 4.57 Å². The minimum absolute atomic E-state index is 0.415. The minimum Gasteiger partial charge on any atom is -0.376 e. The van der Waals surface area contributed by atoms with E-state index in [1.54, 1.807) is 24.3 Å². The second-order valence-electron chi connectivity index (χ2n) is 4.48. The van der Waals surface area contributed by atoms with Crippen LogP contribution in [0.2, 0.25) is 0 Å². The standard InChI is InChI=1S/C17H17O4P/c1-20-22(19,21-2)17(18)16-11-7-6-10-15(16)13-12-14-8-4-3-5-9-14/h3-11,17-18H,1-2H3. The summed E-state index contributed by atoms with van der Waals surface area (Å²) >= 11 is 0. The zero-order chi connectivity index (χ0) is 16.0. The molecule has 5 heteroatoms. The van der Waals surface area contributed by atoms with Gasteiger partial charge in [0.25, 0.3) is 0 Å². The Morgan fingerprint density at radius 2 is 1.55 bits per heavy atom. The van der Waals surface area contributed by atoms with Gasteiger partial charge >= 0.3 is 7.60 Å². The number of aliphatic hydroxyl groups excluding tert-OH is 1. The second-order valence-corrected chi connectivity index (χ2v) is 6.78. The quantitative estimate of drug-likeness (QED) is 0.692. The largest absolute Gasteiger partial charge is 0.376 e. The molecule has 22 heavy (non-hydrogen) atoms. The van der Waals surface area contributed by atoms with Crippen molar-refractivity contribution < 1.29 is 18.7 Å². The highest BCUT2D eigenvalue weighted by atomic mass is 31.2. The highest BCUT2D eigenvalue weighted by molar-refractivity contribution is 7.54. The average Bonchev–Trinajstić information content (AvgIpc) is 2.59. The zero-order valence-electron chi connectivity index (χ0n) is 12.4. The van der Waals surface area contributed by atoms with Crippen LogP contribution in [0, 0.1) is 11.8 Å². The molecule has 2 aromatic rings. The summed E-state index contributed by atoms with van der Waals surface area (Å²) in [7, 11) is -1.15. The normalized spacial score (nSPS) is 12.3. The van der Waals surface area contributed by atoms with Crippen LogP contribution in [0.4, 0.5) is 0 Å². The molecule has 0 heterocycles. The number of rotatable bonds is 4. The van der Waals surface area contributed by atoms with Gasteiger partial charge in [-0.1, -0.05) is 48.2 Å². The molecule has 0 fully saturated rings. The van der Waals surface area contributed by atoms with Crippen molar-refractivity contribution in [3.8, 4) is 11.8 Å². The summed E-state index contributed by atoms with van der Waals surface area (Å²) in [6.45, 7) is 0. The van der Waals surface area contributed by atoms with E-state index in [2.05, 4.69) is 11.8 Å². The van der Waals surface area contributed by atoms with Gasteiger partial charge in [-0.2, -0.15) is 0 Å². The monoisotopic (exact) mass is 316 g/mol. The Labute approximate surface area is 130 Å². The SMILES string of the molecule is COP(=O)(OC)C(O)c1ccccc1C#Cc1ccccc1. The van der Waals surface area contributed by atoms with Gasteiger partial charge in [0.05, 0.1) is 0 Å². The third kappa shape index (κ3) is 3.65. The van der Waals surface area contributed by atoms with E-state index in [1.807, 2.05) is 30.3 Å². The van der Waals surface area contributed by atoms with Crippen molar-refractivity contribution in [3.63, 3.8) is 0 Å². The van der Waals surface area contributed by atoms with Crippen molar-refractivity contribution in [1.82, 2.24) is 0 Å². The maximum atomic E-state index is 12.3. The van der Waals surface area contributed by atoms with Crippen LogP contribution in [0.15, 0.2) is 54.6 Å². The highest BCUT2D eigenvalue weighted by Crippen LogP contribution is 2.58. The molecule has 0 bridgehead atoms. The molecular weight excluding hydrogens is 299 g/mol.